The summed E-state index contributed by atoms with van der Waals surface area (Å²) >= 11 is 11.4. The molecule has 1 N–H and O–H groups in total. The minimum atomic E-state index is -0.250. The minimum Gasteiger partial charge on any atom is -0.327 e. The summed E-state index contributed by atoms with van der Waals surface area (Å²) in [4.78, 5) is 15.8. The monoisotopic (exact) mass is 395 g/mol. The van der Waals surface area contributed by atoms with Crippen molar-refractivity contribution in [2.75, 3.05) is 4.90 Å². The summed E-state index contributed by atoms with van der Waals surface area (Å²) in [7, 11) is 0. The third-order valence-corrected chi connectivity index (χ3v) is 4.59. The Bertz CT molecular complexity index is 1080. The van der Waals surface area contributed by atoms with Gasteiger partial charge in [-0.25, -0.2) is 0 Å². The highest BCUT2D eigenvalue weighted by Crippen LogP contribution is 2.27. The molecule has 4 rings (SSSR count). The fourth-order valence-electron chi connectivity index (χ4n) is 2.80. The smallest absolute Gasteiger partial charge is 0.281 e. The first-order valence-corrected chi connectivity index (χ1v) is 8.92. The number of anilines is 1. The molecule has 27 heavy (non-hydrogen) atoms. The number of benzene rings is 2. The number of para-hydroxylation sites is 1. The number of aryl methyl sites for hydroxylation is 1. The quantitative estimate of drug-likeness (QED) is 0.543. The molecular formula is C19H14ClN5OS. The number of carbonyl (C=O) groups is 1. The molecule has 0 aliphatic carbocycles. The van der Waals surface area contributed by atoms with Gasteiger partial charge in [0.15, 0.2) is 5.11 Å². The maximum atomic E-state index is 12.9. The van der Waals surface area contributed by atoms with E-state index in [1.807, 2.05) is 37.3 Å². The Kier molecular flexibility index (Phi) is 4.47. The molecule has 6 nitrogen and oxygen atoms in total. The number of halogens is 1. The summed E-state index contributed by atoms with van der Waals surface area (Å²) in [5.41, 5.74) is 3.28. The molecule has 0 bridgehead atoms. The van der Waals surface area contributed by atoms with Crippen LogP contribution < -0.4 is 10.2 Å². The van der Waals surface area contributed by atoms with E-state index in [2.05, 4.69) is 15.5 Å². The molecule has 1 aliphatic rings. The third-order valence-electron chi connectivity index (χ3n) is 4.07. The van der Waals surface area contributed by atoms with E-state index < -0.39 is 0 Å². The van der Waals surface area contributed by atoms with Crippen LogP contribution in [0.25, 0.3) is 11.8 Å². The van der Waals surface area contributed by atoms with Crippen molar-refractivity contribution in [2.45, 2.75) is 6.92 Å². The first-order valence-electron chi connectivity index (χ1n) is 8.14. The summed E-state index contributed by atoms with van der Waals surface area (Å²) < 4.78 is 0. The number of nitrogens with one attached hydrogen (secondary N) is 1. The Morgan fingerprint density at radius 3 is 2.70 bits per heavy atom. The van der Waals surface area contributed by atoms with Crippen molar-refractivity contribution in [1.29, 1.82) is 0 Å². The SMILES string of the molecule is Cc1cc(Cl)ccc1N1C(=O)/C(=C/c2cnn(-c3ccccc3)n2)NC1=S. The Balaban J connectivity index is 1.63. The van der Waals surface area contributed by atoms with Gasteiger partial charge in [-0.3, -0.25) is 9.69 Å². The molecule has 0 atom stereocenters. The van der Waals surface area contributed by atoms with E-state index >= 15 is 0 Å². The van der Waals surface area contributed by atoms with Crippen molar-refractivity contribution in [3.05, 3.63) is 76.7 Å². The van der Waals surface area contributed by atoms with Gasteiger partial charge in [0, 0.05) is 5.02 Å². The molecule has 1 aliphatic heterocycles. The number of rotatable bonds is 3. The van der Waals surface area contributed by atoms with Crippen molar-refractivity contribution in [1.82, 2.24) is 20.3 Å². The number of thiocarbonyl (C=S) groups is 1. The largest absolute Gasteiger partial charge is 0.327 e. The van der Waals surface area contributed by atoms with E-state index in [-0.39, 0.29) is 5.91 Å². The summed E-state index contributed by atoms with van der Waals surface area (Å²) in [6, 6.07) is 14.8. The van der Waals surface area contributed by atoms with Gasteiger partial charge in [-0.05, 0) is 61.1 Å². The first kappa shape index (κ1) is 17.4. The van der Waals surface area contributed by atoms with Crippen LogP contribution in [0.5, 0.6) is 0 Å². The van der Waals surface area contributed by atoms with Gasteiger partial charge in [-0.15, -0.1) is 5.10 Å². The lowest BCUT2D eigenvalue weighted by Gasteiger charge is -2.16. The molecule has 8 heteroatoms. The van der Waals surface area contributed by atoms with Crippen LogP contribution in [0.15, 0.2) is 60.4 Å². The van der Waals surface area contributed by atoms with Crippen LogP contribution in [0.3, 0.4) is 0 Å². The Hall–Kier alpha value is -3.03. The maximum absolute atomic E-state index is 12.9. The molecule has 134 valence electrons. The van der Waals surface area contributed by atoms with Crippen LogP contribution in [0.2, 0.25) is 5.02 Å². The van der Waals surface area contributed by atoms with Crippen LogP contribution in [-0.2, 0) is 4.79 Å². The number of aromatic nitrogens is 3. The van der Waals surface area contributed by atoms with Crippen LogP contribution in [0.4, 0.5) is 5.69 Å². The second-order valence-corrected chi connectivity index (χ2v) is 6.78. The van der Waals surface area contributed by atoms with Gasteiger partial charge in [0.05, 0.1) is 17.6 Å². The fraction of sp³-hybridized carbons (Fsp3) is 0.0526. The van der Waals surface area contributed by atoms with Gasteiger partial charge >= 0.3 is 0 Å². The van der Waals surface area contributed by atoms with Crippen molar-refractivity contribution in [3.63, 3.8) is 0 Å². The number of amides is 1. The highest BCUT2D eigenvalue weighted by atomic mass is 35.5. The van der Waals surface area contributed by atoms with Gasteiger partial charge in [0.1, 0.15) is 11.4 Å². The van der Waals surface area contributed by atoms with E-state index in [1.165, 1.54) is 9.70 Å². The van der Waals surface area contributed by atoms with Crippen LogP contribution in [0, 0.1) is 6.92 Å². The zero-order valence-electron chi connectivity index (χ0n) is 14.3. The zero-order chi connectivity index (χ0) is 19.0. The average molecular weight is 396 g/mol. The van der Waals surface area contributed by atoms with Gasteiger partial charge in [-0.1, -0.05) is 29.8 Å². The van der Waals surface area contributed by atoms with Crippen LogP contribution >= 0.6 is 23.8 Å². The Morgan fingerprint density at radius 1 is 1.19 bits per heavy atom. The van der Waals surface area contributed by atoms with Crippen LogP contribution in [-0.4, -0.2) is 26.0 Å². The lowest BCUT2D eigenvalue weighted by atomic mass is 10.2. The number of hydrogen-bond acceptors (Lipinski definition) is 4. The van der Waals surface area contributed by atoms with E-state index in [1.54, 1.807) is 30.5 Å². The second kappa shape index (κ2) is 6.94. The highest BCUT2D eigenvalue weighted by molar-refractivity contribution is 7.80. The van der Waals surface area contributed by atoms with E-state index in [4.69, 9.17) is 23.8 Å². The van der Waals surface area contributed by atoms with E-state index in [0.717, 1.165) is 11.3 Å². The zero-order valence-corrected chi connectivity index (χ0v) is 15.8. The molecule has 0 radical (unpaired) electrons. The summed E-state index contributed by atoms with van der Waals surface area (Å²) in [6.07, 6.45) is 3.22. The summed E-state index contributed by atoms with van der Waals surface area (Å²) in [6.45, 7) is 1.88. The summed E-state index contributed by atoms with van der Waals surface area (Å²) in [5.74, 6) is -0.250. The molecule has 0 saturated carbocycles. The average Bonchev–Trinajstić information content (AvgIpc) is 3.22. The van der Waals surface area contributed by atoms with Gasteiger partial charge in [-0.2, -0.15) is 9.90 Å². The fourth-order valence-corrected chi connectivity index (χ4v) is 3.32. The summed E-state index contributed by atoms with van der Waals surface area (Å²) in [5, 5.41) is 12.5. The van der Waals surface area contributed by atoms with Crippen molar-refractivity contribution in [2.24, 2.45) is 0 Å². The third kappa shape index (κ3) is 3.34. The van der Waals surface area contributed by atoms with E-state index in [0.29, 0.717) is 27.2 Å². The molecule has 2 heterocycles. The maximum Gasteiger partial charge on any atom is 0.281 e. The highest BCUT2D eigenvalue weighted by Gasteiger charge is 2.33. The molecule has 1 amide bonds. The predicted molar refractivity (Wildman–Crippen MR) is 109 cm³/mol. The van der Waals surface area contributed by atoms with Gasteiger partial charge in [0.25, 0.3) is 5.91 Å². The molecule has 0 unspecified atom stereocenters. The molecule has 1 aromatic heterocycles. The molecule has 1 saturated heterocycles. The molecule has 1 fully saturated rings. The first-order chi connectivity index (χ1) is 13.0. The van der Waals surface area contributed by atoms with E-state index in [9.17, 15) is 4.79 Å². The number of carbonyl (C=O) groups excluding carboxylic acids is 1. The second-order valence-electron chi connectivity index (χ2n) is 5.95. The van der Waals surface area contributed by atoms with Crippen molar-refractivity contribution < 1.29 is 4.79 Å². The Morgan fingerprint density at radius 2 is 1.96 bits per heavy atom. The number of hydrogen-bond donors (Lipinski definition) is 1. The van der Waals surface area contributed by atoms with Gasteiger partial charge in [0.2, 0.25) is 0 Å². The topological polar surface area (TPSA) is 63.1 Å². The lowest BCUT2D eigenvalue weighted by Crippen LogP contribution is -2.30. The predicted octanol–water partition coefficient (Wildman–Crippen LogP) is 3.49. The normalized spacial score (nSPS) is 15.5. The molecule has 3 aromatic rings. The van der Waals surface area contributed by atoms with Crippen molar-refractivity contribution in [3.8, 4) is 5.69 Å². The molecule has 0 spiro atoms. The van der Waals surface area contributed by atoms with Gasteiger partial charge < -0.3 is 5.32 Å². The lowest BCUT2D eigenvalue weighted by molar-refractivity contribution is -0.113. The van der Waals surface area contributed by atoms with Crippen LogP contribution in [0.1, 0.15) is 11.3 Å². The molecular weight excluding hydrogens is 382 g/mol. The molecule has 2 aromatic carbocycles. The van der Waals surface area contributed by atoms with Crippen molar-refractivity contribution >= 4 is 46.6 Å². The standard InChI is InChI=1S/C19H14ClN5OS/c1-12-9-13(20)7-8-17(12)24-18(26)16(22-19(24)27)10-14-11-21-25(23-14)15-5-3-2-4-6-15/h2-11H,1H3,(H,22,27)/b16-10-. The minimum absolute atomic E-state index is 0.250. The Labute approximate surface area is 166 Å². The number of nitrogens with zero attached hydrogens (tertiary/aromatic N) is 4.